The average Bonchev–Trinajstić information content (AvgIpc) is 2.54. The van der Waals surface area contributed by atoms with Gasteiger partial charge in [-0.1, -0.05) is 12.1 Å². The third-order valence-corrected chi connectivity index (χ3v) is 4.85. The molecular formula is C17H28N2O2. The predicted molar refractivity (Wildman–Crippen MR) is 85.5 cm³/mol. The summed E-state index contributed by atoms with van der Waals surface area (Å²) < 4.78 is 10.9. The lowest BCUT2D eigenvalue weighted by molar-refractivity contribution is -0.0149. The van der Waals surface area contributed by atoms with E-state index in [1.807, 2.05) is 12.1 Å². The fraction of sp³-hybridized carbons (Fsp3) is 0.647. The molecule has 1 saturated carbocycles. The van der Waals surface area contributed by atoms with Gasteiger partial charge in [-0.05, 0) is 50.4 Å². The van der Waals surface area contributed by atoms with Crippen molar-refractivity contribution in [1.29, 1.82) is 0 Å². The van der Waals surface area contributed by atoms with Crippen LogP contribution < -0.4 is 10.5 Å². The maximum absolute atomic E-state index is 6.14. The smallest absolute Gasteiger partial charge is 0.119 e. The van der Waals surface area contributed by atoms with Crippen molar-refractivity contribution in [2.45, 2.75) is 43.9 Å². The maximum Gasteiger partial charge on any atom is 0.119 e. The van der Waals surface area contributed by atoms with Crippen molar-refractivity contribution in [3.05, 3.63) is 29.8 Å². The summed E-state index contributed by atoms with van der Waals surface area (Å²) in [7, 11) is 5.68. The Hall–Kier alpha value is -1.10. The van der Waals surface area contributed by atoms with Crippen molar-refractivity contribution >= 4 is 0 Å². The number of nitrogens with two attached hydrogens (primary N) is 1. The number of nitrogens with zero attached hydrogens (tertiary/aromatic N) is 1. The molecule has 2 N–H and O–H groups in total. The molecule has 1 aliphatic rings. The van der Waals surface area contributed by atoms with Crippen LogP contribution in [-0.4, -0.2) is 44.4 Å². The van der Waals surface area contributed by atoms with Crippen LogP contribution in [0.15, 0.2) is 24.3 Å². The van der Waals surface area contributed by atoms with Gasteiger partial charge in [0, 0.05) is 25.7 Å². The molecule has 118 valence electrons. The molecule has 4 heteroatoms. The van der Waals surface area contributed by atoms with Crippen LogP contribution in [0.1, 0.15) is 31.2 Å². The quantitative estimate of drug-likeness (QED) is 0.875. The minimum atomic E-state index is 0.0437. The van der Waals surface area contributed by atoms with E-state index in [9.17, 15) is 0 Å². The van der Waals surface area contributed by atoms with E-state index in [0.29, 0.717) is 12.6 Å². The van der Waals surface area contributed by atoms with Crippen molar-refractivity contribution in [2.24, 2.45) is 5.73 Å². The lowest BCUT2D eigenvalue weighted by Gasteiger charge is -2.46. The highest BCUT2D eigenvalue weighted by atomic mass is 16.5. The van der Waals surface area contributed by atoms with Gasteiger partial charge in [0.25, 0.3) is 0 Å². The van der Waals surface area contributed by atoms with Gasteiger partial charge in [0.1, 0.15) is 5.75 Å². The van der Waals surface area contributed by atoms with E-state index in [1.165, 1.54) is 12.0 Å². The van der Waals surface area contributed by atoms with Gasteiger partial charge in [0.05, 0.1) is 13.2 Å². The van der Waals surface area contributed by atoms with Crippen LogP contribution in [0.2, 0.25) is 0 Å². The maximum atomic E-state index is 6.14. The number of hydrogen-bond acceptors (Lipinski definition) is 4. The molecule has 0 aliphatic heterocycles. The van der Waals surface area contributed by atoms with E-state index in [2.05, 4.69) is 24.1 Å². The summed E-state index contributed by atoms with van der Waals surface area (Å²) in [5.41, 5.74) is 7.44. The molecule has 1 aliphatic carbocycles. The Morgan fingerprint density at radius 3 is 2.86 bits per heavy atom. The first-order valence-electron chi connectivity index (χ1n) is 7.70. The standard InChI is InChI=1S/C17H28N2O2/c1-19(12-14-6-4-7-15(10-14)20-2)17(13-18)9-5-8-16(11-17)21-3/h4,6-7,10,16H,5,8-9,11-13,18H2,1-3H3. The van der Waals surface area contributed by atoms with Gasteiger partial charge in [-0.2, -0.15) is 0 Å². The molecule has 4 nitrogen and oxygen atoms in total. The van der Waals surface area contributed by atoms with Gasteiger partial charge in [-0.3, -0.25) is 4.90 Å². The SMILES string of the molecule is COc1cccc(CN(C)C2(CN)CCCC(OC)C2)c1. The highest BCUT2D eigenvalue weighted by Gasteiger charge is 2.38. The molecular weight excluding hydrogens is 264 g/mol. The molecule has 0 aromatic heterocycles. The molecule has 2 atom stereocenters. The molecule has 2 rings (SSSR count). The minimum absolute atomic E-state index is 0.0437. The highest BCUT2D eigenvalue weighted by Crippen LogP contribution is 2.34. The summed E-state index contributed by atoms with van der Waals surface area (Å²) in [5.74, 6) is 0.904. The summed E-state index contributed by atoms with van der Waals surface area (Å²) in [6, 6.07) is 8.25. The molecule has 0 spiro atoms. The summed E-state index contributed by atoms with van der Waals surface area (Å²) in [4.78, 5) is 2.40. The monoisotopic (exact) mass is 292 g/mol. The molecule has 0 heterocycles. The number of methoxy groups -OCH3 is 2. The minimum Gasteiger partial charge on any atom is -0.497 e. The molecule has 1 aromatic carbocycles. The largest absolute Gasteiger partial charge is 0.497 e. The third-order valence-electron chi connectivity index (χ3n) is 4.85. The predicted octanol–water partition coefficient (Wildman–Crippen LogP) is 2.41. The van der Waals surface area contributed by atoms with Gasteiger partial charge in [0.2, 0.25) is 0 Å². The number of ether oxygens (including phenoxy) is 2. The van der Waals surface area contributed by atoms with Gasteiger partial charge < -0.3 is 15.2 Å². The molecule has 0 radical (unpaired) electrons. The van der Waals surface area contributed by atoms with Gasteiger partial charge in [0.15, 0.2) is 0 Å². The van der Waals surface area contributed by atoms with Crippen LogP contribution in [-0.2, 0) is 11.3 Å². The number of benzene rings is 1. The summed E-state index contributed by atoms with van der Waals surface area (Å²) in [6.45, 7) is 1.55. The second-order valence-corrected chi connectivity index (χ2v) is 6.09. The van der Waals surface area contributed by atoms with Crippen LogP contribution in [0.3, 0.4) is 0 Å². The lowest BCUT2D eigenvalue weighted by atomic mass is 9.78. The Kier molecular flexibility index (Phi) is 5.62. The number of rotatable bonds is 6. The van der Waals surface area contributed by atoms with Crippen molar-refractivity contribution in [3.8, 4) is 5.75 Å². The van der Waals surface area contributed by atoms with Crippen molar-refractivity contribution in [1.82, 2.24) is 4.90 Å². The molecule has 2 unspecified atom stereocenters. The molecule has 0 amide bonds. The van der Waals surface area contributed by atoms with E-state index in [1.54, 1.807) is 14.2 Å². The second kappa shape index (κ2) is 7.25. The van der Waals surface area contributed by atoms with Gasteiger partial charge in [-0.15, -0.1) is 0 Å². The molecule has 1 aromatic rings. The molecule has 1 fully saturated rings. The van der Waals surface area contributed by atoms with Crippen molar-refractivity contribution in [3.63, 3.8) is 0 Å². The van der Waals surface area contributed by atoms with Gasteiger partial charge in [-0.25, -0.2) is 0 Å². The van der Waals surface area contributed by atoms with Crippen LogP contribution in [0.25, 0.3) is 0 Å². The highest BCUT2D eigenvalue weighted by molar-refractivity contribution is 5.28. The normalized spacial score (nSPS) is 26.0. The lowest BCUT2D eigenvalue weighted by Crippen LogP contribution is -2.55. The average molecular weight is 292 g/mol. The van der Waals surface area contributed by atoms with Gasteiger partial charge >= 0.3 is 0 Å². The van der Waals surface area contributed by atoms with Crippen molar-refractivity contribution < 1.29 is 9.47 Å². The van der Waals surface area contributed by atoms with Crippen LogP contribution in [0, 0.1) is 0 Å². The van der Waals surface area contributed by atoms with E-state index < -0.39 is 0 Å². The first-order chi connectivity index (χ1) is 10.1. The van der Waals surface area contributed by atoms with E-state index in [-0.39, 0.29) is 5.54 Å². The Morgan fingerprint density at radius 1 is 1.38 bits per heavy atom. The Morgan fingerprint density at radius 2 is 2.19 bits per heavy atom. The van der Waals surface area contributed by atoms with Crippen molar-refractivity contribution in [2.75, 3.05) is 27.8 Å². The van der Waals surface area contributed by atoms with Crippen LogP contribution >= 0.6 is 0 Å². The Bertz CT molecular complexity index is 452. The second-order valence-electron chi connectivity index (χ2n) is 6.09. The fourth-order valence-electron chi connectivity index (χ4n) is 3.39. The first-order valence-corrected chi connectivity index (χ1v) is 7.70. The molecule has 0 saturated heterocycles. The number of hydrogen-bond donors (Lipinski definition) is 1. The molecule has 21 heavy (non-hydrogen) atoms. The summed E-state index contributed by atoms with van der Waals surface area (Å²) in [6.07, 6.45) is 4.81. The van der Waals surface area contributed by atoms with Crippen LogP contribution in [0.5, 0.6) is 5.75 Å². The van der Waals surface area contributed by atoms with E-state index in [0.717, 1.165) is 31.6 Å². The number of likely N-dealkylation sites (N-methyl/N-ethyl adjacent to an activating group) is 1. The third kappa shape index (κ3) is 3.76. The topological polar surface area (TPSA) is 47.7 Å². The van der Waals surface area contributed by atoms with E-state index >= 15 is 0 Å². The first kappa shape index (κ1) is 16.3. The van der Waals surface area contributed by atoms with E-state index in [4.69, 9.17) is 15.2 Å². The van der Waals surface area contributed by atoms with Crippen LogP contribution in [0.4, 0.5) is 0 Å². The molecule has 0 bridgehead atoms. The zero-order valence-electron chi connectivity index (χ0n) is 13.5. The summed E-state index contributed by atoms with van der Waals surface area (Å²) in [5, 5.41) is 0. The Balaban J connectivity index is 2.10. The zero-order valence-corrected chi connectivity index (χ0v) is 13.5. The Labute approximate surface area is 128 Å². The zero-order chi connectivity index (χ0) is 15.3. The summed E-state index contributed by atoms with van der Waals surface area (Å²) >= 11 is 0. The fourth-order valence-corrected chi connectivity index (χ4v) is 3.39.